The van der Waals surface area contributed by atoms with Gasteiger partial charge in [-0.2, -0.15) is 0 Å². The molecular weight excluding hydrogens is 372 g/mol. The summed E-state index contributed by atoms with van der Waals surface area (Å²) in [5.74, 6) is -2.17. The van der Waals surface area contributed by atoms with Crippen molar-refractivity contribution in [2.24, 2.45) is 5.92 Å². The molecule has 0 saturated heterocycles. The number of hydrogen-bond donors (Lipinski definition) is 2. The Labute approximate surface area is 160 Å². The number of carbonyl (C=O) groups is 2. The van der Waals surface area contributed by atoms with E-state index in [1.807, 2.05) is 0 Å². The molecule has 0 saturated carbocycles. The standard InChI is InChI=1S/C19H21F2N3O2S/c1-2-3-11-4-5-15-16(6-11)27-19(23-15)24-17(25)10-22-18(26)12-7-13(20)9-14(21)8-12/h7-9,11H,2-6,10H2,1H3,(H,22,26)(H,23,24,25). The summed E-state index contributed by atoms with van der Waals surface area (Å²) in [6.45, 7) is 1.88. The van der Waals surface area contributed by atoms with E-state index in [0.29, 0.717) is 17.1 Å². The summed E-state index contributed by atoms with van der Waals surface area (Å²) >= 11 is 1.47. The Kier molecular flexibility index (Phi) is 6.15. The minimum Gasteiger partial charge on any atom is -0.343 e. The van der Waals surface area contributed by atoms with Crippen LogP contribution in [0.1, 0.15) is 47.1 Å². The van der Waals surface area contributed by atoms with Crippen molar-refractivity contribution in [3.63, 3.8) is 0 Å². The third-order valence-corrected chi connectivity index (χ3v) is 5.55. The van der Waals surface area contributed by atoms with Gasteiger partial charge in [-0.15, -0.1) is 11.3 Å². The lowest BCUT2D eigenvalue weighted by atomic mass is 9.88. The number of fused-ring (bicyclic) bond motifs is 1. The topological polar surface area (TPSA) is 71.1 Å². The first kappa shape index (κ1) is 19.4. The molecule has 3 rings (SSSR count). The maximum Gasteiger partial charge on any atom is 0.251 e. The summed E-state index contributed by atoms with van der Waals surface area (Å²) < 4.78 is 26.3. The Morgan fingerprint density at radius 3 is 2.70 bits per heavy atom. The fraction of sp³-hybridized carbons (Fsp3) is 0.421. The number of nitrogens with one attached hydrogen (secondary N) is 2. The third kappa shape index (κ3) is 5.09. The molecule has 1 aliphatic rings. The van der Waals surface area contributed by atoms with Crippen LogP contribution in [0.3, 0.4) is 0 Å². The van der Waals surface area contributed by atoms with E-state index in [1.165, 1.54) is 22.6 Å². The first-order chi connectivity index (χ1) is 12.9. The SMILES string of the molecule is CCCC1CCc2nc(NC(=O)CNC(=O)c3cc(F)cc(F)c3)sc2C1. The second-order valence-corrected chi connectivity index (χ2v) is 7.76. The number of rotatable bonds is 6. The zero-order valence-corrected chi connectivity index (χ0v) is 15.8. The number of anilines is 1. The molecule has 2 N–H and O–H groups in total. The van der Waals surface area contributed by atoms with Crippen molar-refractivity contribution in [1.29, 1.82) is 0 Å². The molecule has 0 fully saturated rings. The minimum atomic E-state index is -0.848. The number of nitrogens with zero attached hydrogens (tertiary/aromatic N) is 1. The van der Waals surface area contributed by atoms with Gasteiger partial charge >= 0.3 is 0 Å². The number of benzene rings is 1. The van der Waals surface area contributed by atoms with Crippen molar-refractivity contribution in [2.45, 2.75) is 39.0 Å². The molecule has 1 atom stereocenters. The molecule has 2 amide bonds. The molecule has 0 radical (unpaired) electrons. The van der Waals surface area contributed by atoms with Crippen LogP contribution in [0.25, 0.3) is 0 Å². The quantitative estimate of drug-likeness (QED) is 0.786. The first-order valence-corrected chi connectivity index (χ1v) is 9.79. The summed E-state index contributed by atoms with van der Waals surface area (Å²) in [6.07, 6.45) is 5.41. The molecule has 1 heterocycles. The fourth-order valence-electron chi connectivity index (χ4n) is 3.26. The fourth-order valence-corrected chi connectivity index (χ4v) is 4.40. The second kappa shape index (κ2) is 8.56. The van der Waals surface area contributed by atoms with Gasteiger partial charge in [-0.25, -0.2) is 13.8 Å². The van der Waals surface area contributed by atoms with Gasteiger partial charge in [0.25, 0.3) is 5.91 Å². The Morgan fingerprint density at radius 2 is 2.00 bits per heavy atom. The van der Waals surface area contributed by atoms with Crippen molar-refractivity contribution in [3.8, 4) is 0 Å². The molecule has 144 valence electrons. The lowest BCUT2D eigenvalue weighted by molar-refractivity contribution is -0.115. The van der Waals surface area contributed by atoms with Gasteiger partial charge < -0.3 is 10.6 Å². The van der Waals surface area contributed by atoms with Gasteiger partial charge in [-0.3, -0.25) is 9.59 Å². The van der Waals surface area contributed by atoms with Crippen molar-refractivity contribution in [1.82, 2.24) is 10.3 Å². The van der Waals surface area contributed by atoms with Gasteiger partial charge in [-0.1, -0.05) is 19.8 Å². The first-order valence-electron chi connectivity index (χ1n) is 8.97. The molecular formula is C19H21F2N3O2S. The van der Waals surface area contributed by atoms with Crippen molar-refractivity contribution >= 4 is 28.3 Å². The highest BCUT2D eigenvalue weighted by molar-refractivity contribution is 7.15. The zero-order chi connectivity index (χ0) is 19.4. The monoisotopic (exact) mass is 393 g/mol. The maximum absolute atomic E-state index is 13.2. The maximum atomic E-state index is 13.2. The van der Waals surface area contributed by atoms with Crippen molar-refractivity contribution < 1.29 is 18.4 Å². The molecule has 5 nitrogen and oxygen atoms in total. The van der Waals surface area contributed by atoms with E-state index < -0.39 is 23.4 Å². The Morgan fingerprint density at radius 1 is 1.26 bits per heavy atom. The van der Waals surface area contributed by atoms with Gasteiger partial charge in [0.15, 0.2) is 5.13 Å². The van der Waals surface area contributed by atoms with E-state index in [2.05, 4.69) is 22.5 Å². The van der Waals surface area contributed by atoms with Crippen LogP contribution in [0.4, 0.5) is 13.9 Å². The van der Waals surface area contributed by atoms with Crippen molar-refractivity contribution in [2.75, 3.05) is 11.9 Å². The number of aryl methyl sites for hydroxylation is 1. The van der Waals surface area contributed by atoms with Crippen LogP contribution in [0.2, 0.25) is 0 Å². The van der Waals surface area contributed by atoms with E-state index in [1.54, 1.807) is 0 Å². The minimum absolute atomic E-state index is 0.174. The smallest absolute Gasteiger partial charge is 0.251 e. The molecule has 27 heavy (non-hydrogen) atoms. The Balaban J connectivity index is 1.53. The predicted molar refractivity (Wildman–Crippen MR) is 99.9 cm³/mol. The molecule has 1 aromatic carbocycles. The average molecular weight is 393 g/mol. The molecule has 2 aromatic rings. The van der Waals surface area contributed by atoms with E-state index in [-0.39, 0.29) is 12.1 Å². The van der Waals surface area contributed by atoms with Crippen LogP contribution in [0.15, 0.2) is 18.2 Å². The van der Waals surface area contributed by atoms with Crippen molar-refractivity contribution in [3.05, 3.63) is 46.0 Å². The predicted octanol–water partition coefficient (Wildman–Crippen LogP) is 3.69. The van der Waals surface area contributed by atoms with Gasteiger partial charge in [-0.05, 0) is 37.3 Å². The van der Waals surface area contributed by atoms with E-state index >= 15 is 0 Å². The summed E-state index contributed by atoms with van der Waals surface area (Å²) in [5, 5.41) is 5.55. The van der Waals surface area contributed by atoms with Crippen LogP contribution in [-0.4, -0.2) is 23.3 Å². The lowest BCUT2D eigenvalue weighted by Gasteiger charge is -2.19. The van der Waals surface area contributed by atoms with Gasteiger partial charge in [0.05, 0.1) is 12.2 Å². The van der Waals surface area contributed by atoms with Crippen LogP contribution in [0.5, 0.6) is 0 Å². The summed E-state index contributed by atoms with van der Waals surface area (Å²) in [6, 6.07) is 2.51. The number of hydrogen-bond acceptors (Lipinski definition) is 4. The summed E-state index contributed by atoms with van der Waals surface area (Å²) in [4.78, 5) is 29.7. The van der Waals surface area contributed by atoms with Gasteiger partial charge in [0.2, 0.25) is 5.91 Å². The van der Waals surface area contributed by atoms with E-state index in [9.17, 15) is 18.4 Å². The van der Waals surface area contributed by atoms with Crippen LogP contribution < -0.4 is 10.6 Å². The summed E-state index contributed by atoms with van der Waals surface area (Å²) in [7, 11) is 0. The molecule has 1 unspecified atom stereocenters. The highest BCUT2D eigenvalue weighted by atomic mass is 32.1. The van der Waals surface area contributed by atoms with Crippen LogP contribution >= 0.6 is 11.3 Å². The van der Waals surface area contributed by atoms with E-state index in [4.69, 9.17) is 0 Å². The van der Waals surface area contributed by atoms with E-state index in [0.717, 1.165) is 43.5 Å². The number of aromatic nitrogens is 1. The Bertz CT molecular complexity index is 833. The highest BCUT2D eigenvalue weighted by Gasteiger charge is 2.22. The molecule has 0 spiro atoms. The van der Waals surface area contributed by atoms with Gasteiger partial charge in [0, 0.05) is 16.5 Å². The highest BCUT2D eigenvalue weighted by Crippen LogP contribution is 2.33. The third-order valence-electron chi connectivity index (χ3n) is 4.52. The molecule has 1 aliphatic carbocycles. The number of halogens is 2. The zero-order valence-electron chi connectivity index (χ0n) is 15.0. The molecule has 0 bridgehead atoms. The lowest BCUT2D eigenvalue weighted by Crippen LogP contribution is -2.32. The number of amides is 2. The largest absolute Gasteiger partial charge is 0.343 e. The molecule has 1 aromatic heterocycles. The molecule has 8 heteroatoms. The summed E-state index contributed by atoms with van der Waals surface area (Å²) in [5.41, 5.74) is 0.869. The second-order valence-electron chi connectivity index (χ2n) is 6.68. The normalized spacial score (nSPS) is 15.9. The van der Waals surface area contributed by atoms with Crippen LogP contribution in [-0.2, 0) is 17.6 Å². The Hall–Kier alpha value is -2.35. The average Bonchev–Trinajstić information content (AvgIpc) is 3.00. The molecule has 0 aliphatic heterocycles. The van der Waals surface area contributed by atoms with Crippen LogP contribution in [0, 0.1) is 17.6 Å². The number of thiazole rings is 1. The number of carbonyl (C=O) groups excluding carboxylic acids is 2. The van der Waals surface area contributed by atoms with Gasteiger partial charge in [0.1, 0.15) is 11.6 Å².